The molecule has 24 heavy (non-hydrogen) atoms. The van der Waals surface area contributed by atoms with Crippen molar-refractivity contribution < 1.29 is 24.3 Å². The van der Waals surface area contributed by atoms with Crippen LogP contribution in [-0.2, 0) is 19.1 Å². The third kappa shape index (κ3) is 5.52. The number of hydrogen-bond acceptors (Lipinski definition) is 7. The predicted octanol–water partition coefficient (Wildman–Crippen LogP) is 0.819. The minimum Gasteiger partial charge on any atom is -0.461 e. The molecular weight excluding hydrogens is 316 g/mol. The van der Waals surface area contributed by atoms with Crippen LogP contribution in [0.5, 0.6) is 0 Å². The average molecular weight is 334 g/mol. The van der Waals surface area contributed by atoms with Crippen molar-refractivity contribution >= 4 is 34.9 Å². The Labute approximate surface area is 138 Å². The summed E-state index contributed by atoms with van der Waals surface area (Å²) in [5.41, 5.74) is 2.83. The molecule has 1 aromatic carbocycles. The fraction of sp³-hybridized carbons (Fsp3) is 0.267. The van der Waals surface area contributed by atoms with E-state index >= 15 is 0 Å². The molecule has 0 radical (unpaired) electrons. The fourth-order valence-electron chi connectivity index (χ4n) is 1.52. The van der Waals surface area contributed by atoms with E-state index < -0.39 is 23.5 Å². The molecule has 0 aliphatic rings. The minimum atomic E-state index is -1.05. The van der Waals surface area contributed by atoms with Gasteiger partial charge in [0.05, 0.1) is 12.3 Å². The van der Waals surface area contributed by atoms with Gasteiger partial charge in [0.2, 0.25) is 5.71 Å². The third-order valence-corrected chi connectivity index (χ3v) is 2.75. The van der Waals surface area contributed by atoms with Gasteiger partial charge in [-0.15, -0.1) is 0 Å². The van der Waals surface area contributed by atoms with Crippen molar-refractivity contribution in [1.82, 2.24) is 5.43 Å². The molecule has 9 heteroatoms. The summed E-state index contributed by atoms with van der Waals surface area (Å²) >= 11 is 0. The van der Waals surface area contributed by atoms with Crippen LogP contribution < -0.4 is 10.7 Å². The number of ether oxygens (including phenoxy) is 1. The van der Waals surface area contributed by atoms with Crippen molar-refractivity contribution in [1.29, 1.82) is 0 Å². The van der Waals surface area contributed by atoms with Gasteiger partial charge in [0, 0.05) is 5.69 Å². The lowest BCUT2D eigenvalue weighted by Gasteiger charge is -2.06. The molecule has 0 unspecified atom stereocenters. The molecule has 0 spiro atoms. The second kappa shape index (κ2) is 9.03. The Hall–Kier alpha value is -3.23. The molecule has 2 amide bonds. The monoisotopic (exact) mass is 334 g/mol. The maximum absolute atomic E-state index is 11.7. The van der Waals surface area contributed by atoms with E-state index in [0.717, 1.165) is 5.56 Å². The number of rotatable bonds is 5. The highest BCUT2D eigenvalue weighted by Crippen LogP contribution is 2.08. The number of oxime groups is 1. The first-order valence-corrected chi connectivity index (χ1v) is 7.00. The zero-order chi connectivity index (χ0) is 18.1. The van der Waals surface area contributed by atoms with Crippen molar-refractivity contribution in [3.05, 3.63) is 29.8 Å². The number of nitrogens with one attached hydrogen (secondary N) is 2. The number of hydrogen-bond donors (Lipinski definition) is 3. The van der Waals surface area contributed by atoms with Gasteiger partial charge in [0.1, 0.15) is 0 Å². The Morgan fingerprint density at radius 2 is 1.79 bits per heavy atom. The number of anilines is 1. The molecule has 0 aliphatic heterocycles. The topological polar surface area (TPSA) is 129 Å². The molecule has 0 aliphatic carbocycles. The van der Waals surface area contributed by atoms with E-state index in [1.54, 1.807) is 31.2 Å². The standard InChI is InChI=1S/C15H18N4O5/c1-4-24-15(22)12(19-23)10(3)17-18-14(21)13(20)16-11-7-5-9(2)6-8-11/h5-8,23H,4H2,1-3H3,(H,16,20)(H,18,21)/b17-10+,19-12-. The Kier molecular flexibility index (Phi) is 7.08. The summed E-state index contributed by atoms with van der Waals surface area (Å²) in [6.45, 7) is 4.86. The molecule has 0 fully saturated rings. The van der Waals surface area contributed by atoms with Crippen molar-refractivity contribution in [3.63, 3.8) is 0 Å². The Bertz CT molecular complexity index is 680. The number of carbonyl (C=O) groups excluding carboxylic acids is 3. The summed E-state index contributed by atoms with van der Waals surface area (Å²) < 4.78 is 4.66. The van der Waals surface area contributed by atoms with Gasteiger partial charge in [-0.3, -0.25) is 9.59 Å². The third-order valence-electron chi connectivity index (χ3n) is 2.75. The van der Waals surface area contributed by atoms with Crippen molar-refractivity contribution in [2.24, 2.45) is 10.3 Å². The van der Waals surface area contributed by atoms with Crippen molar-refractivity contribution in [2.45, 2.75) is 20.8 Å². The van der Waals surface area contributed by atoms with Gasteiger partial charge in [-0.1, -0.05) is 22.9 Å². The maximum atomic E-state index is 11.7. The average Bonchev–Trinajstić information content (AvgIpc) is 2.55. The zero-order valence-electron chi connectivity index (χ0n) is 13.5. The summed E-state index contributed by atoms with van der Waals surface area (Å²) in [5, 5.41) is 17.5. The minimum absolute atomic E-state index is 0.0798. The molecule has 0 bridgehead atoms. The number of esters is 1. The van der Waals surface area contributed by atoms with Crippen LogP contribution in [0.1, 0.15) is 19.4 Å². The Morgan fingerprint density at radius 1 is 1.17 bits per heavy atom. The lowest BCUT2D eigenvalue weighted by Crippen LogP contribution is -2.34. The van der Waals surface area contributed by atoms with E-state index in [4.69, 9.17) is 5.21 Å². The van der Waals surface area contributed by atoms with Crippen LogP contribution in [-0.4, -0.2) is 41.0 Å². The van der Waals surface area contributed by atoms with Crippen LogP contribution in [0.25, 0.3) is 0 Å². The first-order chi connectivity index (χ1) is 11.4. The molecule has 128 valence electrons. The molecule has 0 atom stereocenters. The fourth-order valence-corrected chi connectivity index (χ4v) is 1.52. The van der Waals surface area contributed by atoms with E-state index in [-0.39, 0.29) is 12.3 Å². The summed E-state index contributed by atoms with van der Waals surface area (Å²) in [6.07, 6.45) is 0. The quantitative estimate of drug-likeness (QED) is 0.241. The number of amides is 2. The van der Waals surface area contributed by atoms with Crippen LogP contribution in [0.15, 0.2) is 34.5 Å². The van der Waals surface area contributed by atoms with Gasteiger partial charge >= 0.3 is 17.8 Å². The Morgan fingerprint density at radius 3 is 2.33 bits per heavy atom. The molecule has 3 N–H and O–H groups in total. The van der Waals surface area contributed by atoms with Gasteiger partial charge in [0.15, 0.2) is 0 Å². The van der Waals surface area contributed by atoms with Crippen molar-refractivity contribution in [2.75, 3.05) is 11.9 Å². The van der Waals surface area contributed by atoms with E-state index in [2.05, 4.69) is 20.3 Å². The second-order valence-electron chi connectivity index (χ2n) is 4.63. The molecule has 1 aromatic rings. The van der Waals surface area contributed by atoms with Gasteiger partial charge < -0.3 is 15.3 Å². The van der Waals surface area contributed by atoms with Crippen LogP contribution in [0, 0.1) is 6.92 Å². The number of nitrogens with zero attached hydrogens (tertiary/aromatic N) is 2. The SMILES string of the molecule is CCOC(=O)C(=N\O)/C(C)=N/NC(=O)C(=O)Nc1ccc(C)cc1. The summed E-state index contributed by atoms with van der Waals surface area (Å²) in [4.78, 5) is 34.9. The number of aryl methyl sites for hydroxylation is 1. The van der Waals surface area contributed by atoms with Crippen LogP contribution in [0.4, 0.5) is 5.69 Å². The highest BCUT2D eigenvalue weighted by atomic mass is 16.5. The molecule has 0 saturated carbocycles. The highest BCUT2D eigenvalue weighted by molar-refractivity contribution is 6.65. The highest BCUT2D eigenvalue weighted by Gasteiger charge is 2.19. The molecular formula is C15H18N4O5. The van der Waals surface area contributed by atoms with E-state index in [1.165, 1.54) is 6.92 Å². The smallest absolute Gasteiger partial charge is 0.362 e. The molecule has 1 rings (SSSR count). The van der Waals surface area contributed by atoms with Gasteiger partial charge in [0.25, 0.3) is 0 Å². The number of benzene rings is 1. The largest absolute Gasteiger partial charge is 0.461 e. The molecule has 0 saturated heterocycles. The molecule has 0 heterocycles. The van der Waals surface area contributed by atoms with Gasteiger partial charge in [-0.25, -0.2) is 10.2 Å². The lowest BCUT2D eigenvalue weighted by molar-refractivity contribution is -0.136. The van der Waals surface area contributed by atoms with E-state index in [9.17, 15) is 14.4 Å². The zero-order valence-corrected chi connectivity index (χ0v) is 13.5. The number of hydrazone groups is 1. The maximum Gasteiger partial charge on any atom is 0.362 e. The van der Waals surface area contributed by atoms with Crippen LogP contribution in [0.3, 0.4) is 0 Å². The van der Waals surface area contributed by atoms with Gasteiger partial charge in [-0.05, 0) is 32.9 Å². The Balaban J connectivity index is 2.67. The van der Waals surface area contributed by atoms with Gasteiger partial charge in [-0.2, -0.15) is 5.10 Å². The van der Waals surface area contributed by atoms with Crippen LogP contribution >= 0.6 is 0 Å². The second-order valence-corrected chi connectivity index (χ2v) is 4.63. The van der Waals surface area contributed by atoms with E-state index in [0.29, 0.717) is 5.69 Å². The first kappa shape index (κ1) is 18.8. The molecule has 9 nitrogen and oxygen atoms in total. The number of carbonyl (C=O) groups is 3. The summed E-state index contributed by atoms with van der Waals surface area (Å²) in [7, 11) is 0. The van der Waals surface area contributed by atoms with Crippen molar-refractivity contribution in [3.8, 4) is 0 Å². The lowest BCUT2D eigenvalue weighted by atomic mass is 10.2. The summed E-state index contributed by atoms with van der Waals surface area (Å²) in [5.74, 6) is -2.88. The van der Waals surface area contributed by atoms with Crippen LogP contribution in [0.2, 0.25) is 0 Å². The first-order valence-electron chi connectivity index (χ1n) is 7.00. The normalized spacial score (nSPS) is 11.6. The van der Waals surface area contributed by atoms with E-state index in [1.807, 2.05) is 12.3 Å². The summed E-state index contributed by atoms with van der Waals surface area (Å²) in [6, 6.07) is 6.84. The predicted molar refractivity (Wildman–Crippen MR) is 86.9 cm³/mol. The molecule has 0 aromatic heterocycles.